The third-order valence-corrected chi connectivity index (χ3v) is 4.25. The average molecular weight is 278 g/mol. The number of carbonyl (C=O) groups is 2. The van der Waals surface area contributed by atoms with Crippen molar-refractivity contribution in [2.75, 3.05) is 26.2 Å². The number of hydrogen-bond donors (Lipinski definition) is 1. The Morgan fingerprint density at radius 1 is 1.35 bits per heavy atom. The molecule has 0 aromatic carbocycles. The van der Waals surface area contributed by atoms with E-state index in [1.165, 1.54) is 17.3 Å². The number of carboxylic acids is 1. The highest BCUT2D eigenvalue weighted by atomic mass is 16.4. The molecule has 108 valence electrons. The highest BCUT2D eigenvalue weighted by molar-refractivity contribution is 6.03. The maximum absolute atomic E-state index is 12.6. The number of fused-ring (bicyclic) bond motifs is 1. The number of amides is 1. The highest BCUT2D eigenvalue weighted by Gasteiger charge is 2.34. The average Bonchev–Trinajstić information content (AvgIpc) is 3.03. The van der Waals surface area contributed by atoms with Crippen LogP contribution >= 0.6 is 0 Å². The van der Waals surface area contributed by atoms with Gasteiger partial charge in [-0.15, -0.1) is 0 Å². The zero-order chi connectivity index (χ0) is 14.3. The Kier molecular flexibility index (Phi) is 3.21. The van der Waals surface area contributed by atoms with Crippen molar-refractivity contribution < 1.29 is 14.7 Å². The lowest BCUT2D eigenvalue weighted by atomic mass is 10.1. The van der Waals surface area contributed by atoms with Crippen molar-refractivity contribution in [1.29, 1.82) is 0 Å². The minimum absolute atomic E-state index is 0.0219. The molecule has 0 saturated carbocycles. The van der Waals surface area contributed by atoms with E-state index in [0.717, 1.165) is 19.5 Å². The summed E-state index contributed by atoms with van der Waals surface area (Å²) in [5.41, 5.74) is 0.148. The van der Waals surface area contributed by atoms with Gasteiger partial charge in [-0.25, -0.2) is 4.79 Å². The Hall–Kier alpha value is -1.89. The van der Waals surface area contributed by atoms with Crippen LogP contribution in [0.4, 0.5) is 0 Å². The number of hydrogen-bond acceptors (Lipinski definition) is 4. The van der Waals surface area contributed by atoms with Crippen LogP contribution in [-0.4, -0.2) is 68.8 Å². The summed E-state index contributed by atoms with van der Waals surface area (Å²) in [6, 6.07) is 0.425. The van der Waals surface area contributed by atoms with Gasteiger partial charge in [0.25, 0.3) is 5.91 Å². The normalized spacial score (nSPS) is 22.9. The number of carboxylic acid groups (broad SMARTS) is 1. The summed E-state index contributed by atoms with van der Waals surface area (Å²) in [7, 11) is 1.60. The van der Waals surface area contributed by atoms with Crippen LogP contribution < -0.4 is 0 Å². The summed E-state index contributed by atoms with van der Waals surface area (Å²) in [5, 5.41) is 13.0. The van der Waals surface area contributed by atoms with Crippen LogP contribution in [0.15, 0.2) is 6.20 Å². The van der Waals surface area contributed by atoms with Gasteiger partial charge in [0.15, 0.2) is 0 Å². The molecule has 7 nitrogen and oxygen atoms in total. The molecular formula is C13H18N4O3. The standard InChI is InChI=1S/C13H18N4O3/c1-15-11(10(7-14-15)13(19)20)12(18)17-6-5-16-4-2-3-9(16)8-17/h7,9H,2-6,8H2,1H3,(H,19,20)/t9-/m0/s1. The Morgan fingerprint density at radius 2 is 2.15 bits per heavy atom. The number of nitrogens with zero attached hydrogens (tertiary/aromatic N) is 4. The molecule has 1 amide bonds. The van der Waals surface area contributed by atoms with E-state index in [4.69, 9.17) is 5.11 Å². The molecule has 0 spiro atoms. The smallest absolute Gasteiger partial charge is 0.339 e. The number of aromatic carboxylic acids is 1. The SMILES string of the molecule is Cn1ncc(C(=O)O)c1C(=O)N1CCN2CCC[C@H]2C1. The third-order valence-electron chi connectivity index (χ3n) is 4.25. The van der Waals surface area contributed by atoms with Crippen molar-refractivity contribution in [3.8, 4) is 0 Å². The summed E-state index contributed by atoms with van der Waals surface area (Å²) >= 11 is 0. The monoisotopic (exact) mass is 278 g/mol. The van der Waals surface area contributed by atoms with Gasteiger partial charge >= 0.3 is 5.97 Å². The molecule has 2 aliphatic heterocycles. The van der Waals surface area contributed by atoms with E-state index in [9.17, 15) is 9.59 Å². The Morgan fingerprint density at radius 3 is 2.90 bits per heavy atom. The Labute approximate surface area is 116 Å². The first-order valence-electron chi connectivity index (χ1n) is 6.86. The molecule has 2 fully saturated rings. The van der Waals surface area contributed by atoms with Crippen molar-refractivity contribution >= 4 is 11.9 Å². The lowest BCUT2D eigenvalue weighted by molar-refractivity contribution is 0.0549. The zero-order valence-electron chi connectivity index (χ0n) is 11.4. The molecule has 20 heavy (non-hydrogen) atoms. The molecule has 2 aliphatic rings. The van der Waals surface area contributed by atoms with Crippen LogP contribution in [0.3, 0.4) is 0 Å². The van der Waals surface area contributed by atoms with Gasteiger partial charge in [0.1, 0.15) is 11.3 Å². The first kappa shape index (κ1) is 13.1. The summed E-state index contributed by atoms with van der Waals surface area (Å²) in [4.78, 5) is 27.9. The lowest BCUT2D eigenvalue weighted by Gasteiger charge is -2.37. The van der Waals surface area contributed by atoms with Crippen LogP contribution in [-0.2, 0) is 7.05 Å². The summed E-state index contributed by atoms with van der Waals surface area (Å²) in [6.07, 6.45) is 3.53. The van der Waals surface area contributed by atoms with Crippen molar-refractivity contribution in [2.45, 2.75) is 18.9 Å². The summed E-state index contributed by atoms with van der Waals surface area (Å²) < 4.78 is 1.35. The van der Waals surface area contributed by atoms with Gasteiger partial charge in [0.05, 0.1) is 6.20 Å². The van der Waals surface area contributed by atoms with E-state index in [1.807, 2.05) is 0 Å². The van der Waals surface area contributed by atoms with Gasteiger partial charge in [-0.3, -0.25) is 14.4 Å². The lowest BCUT2D eigenvalue weighted by Crippen LogP contribution is -2.52. The molecule has 0 aliphatic carbocycles. The molecule has 1 aromatic rings. The van der Waals surface area contributed by atoms with Gasteiger partial charge in [0, 0.05) is 32.7 Å². The molecule has 3 heterocycles. The first-order chi connectivity index (χ1) is 9.58. The van der Waals surface area contributed by atoms with Gasteiger partial charge in [-0.05, 0) is 19.4 Å². The highest BCUT2D eigenvalue weighted by Crippen LogP contribution is 2.23. The first-order valence-corrected chi connectivity index (χ1v) is 6.86. The predicted molar refractivity (Wildman–Crippen MR) is 70.7 cm³/mol. The maximum atomic E-state index is 12.6. The fourth-order valence-corrected chi connectivity index (χ4v) is 3.17. The molecule has 1 atom stereocenters. The van der Waals surface area contributed by atoms with Gasteiger partial charge < -0.3 is 10.0 Å². The molecule has 0 radical (unpaired) electrons. The minimum Gasteiger partial charge on any atom is -0.478 e. The van der Waals surface area contributed by atoms with Gasteiger partial charge in [-0.2, -0.15) is 5.10 Å². The van der Waals surface area contributed by atoms with Crippen LogP contribution in [0, 0.1) is 0 Å². The second-order valence-electron chi connectivity index (χ2n) is 5.42. The third kappa shape index (κ3) is 2.07. The molecule has 2 saturated heterocycles. The molecule has 1 N–H and O–H groups in total. The number of aryl methyl sites for hydroxylation is 1. The van der Waals surface area contributed by atoms with Crippen molar-refractivity contribution in [2.24, 2.45) is 7.05 Å². The Bertz CT molecular complexity index is 554. The van der Waals surface area contributed by atoms with E-state index in [2.05, 4.69) is 10.00 Å². The van der Waals surface area contributed by atoms with E-state index in [1.54, 1.807) is 11.9 Å². The van der Waals surface area contributed by atoms with Gasteiger partial charge in [0.2, 0.25) is 0 Å². The van der Waals surface area contributed by atoms with Crippen LogP contribution in [0.25, 0.3) is 0 Å². The molecule has 7 heteroatoms. The van der Waals surface area contributed by atoms with Gasteiger partial charge in [-0.1, -0.05) is 0 Å². The van der Waals surface area contributed by atoms with Crippen molar-refractivity contribution in [3.63, 3.8) is 0 Å². The summed E-state index contributed by atoms with van der Waals surface area (Å²) in [6.45, 7) is 3.32. The quantitative estimate of drug-likeness (QED) is 0.826. The van der Waals surface area contributed by atoms with Crippen molar-refractivity contribution in [1.82, 2.24) is 19.6 Å². The van der Waals surface area contributed by atoms with E-state index >= 15 is 0 Å². The molecular weight excluding hydrogens is 260 g/mol. The predicted octanol–water partition coefficient (Wildman–Crippen LogP) is 0.0385. The number of rotatable bonds is 2. The van der Waals surface area contributed by atoms with E-state index < -0.39 is 5.97 Å². The molecule has 1 aromatic heterocycles. The molecule has 0 bridgehead atoms. The fourth-order valence-electron chi connectivity index (χ4n) is 3.17. The van der Waals surface area contributed by atoms with E-state index in [-0.39, 0.29) is 17.2 Å². The largest absolute Gasteiger partial charge is 0.478 e. The fraction of sp³-hybridized carbons (Fsp3) is 0.615. The van der Waals surface area contributed by atoms with Crippen LogP contribution in [0.1, 0.15) is 33.7 Å². The molecule has 3 rings (SSSR count). The number of carbonyl (C=O) groups excluding carboxylic acids is 1. The number of piperazine rings is 1. The van der Waals surface area contributed by atoms with Crippen molar-refractivity contribution in [3.05, 3.63) is 17.5 Å². The summed E-state index contributed by atoms with van der Waals surface area (Å²) in [5.74, 6) is -1.34. The maximum Gasteiger partial charge on any atom is 0.339 e. The molecule has 0 unspecified atom stereocenters. The Balaban J connectivity index is 1.82. The van der Waals surface area contributed by atoms with E-state index in [0.29, 0.717) is 19.1 Å². The zero-order valence-corrected chi connectivity index (χ0v) is 11.4. The second kappa shape index (κ2) is 4.90. The number of aromatic nitrogens is 2. The second-order valence-corrected chi connectivity index (χ2v) is 5.42. The van der Waals surface area contributed by atoms with Crippen LogP contribution in [0.2, 0.25) is 0 Å². The topological polar surface area (TPSA) is 78.7 Å². The minimum atomic E-state index is -1.11. The van der Waals surface area contributed by atoms with Crippen LogP contribution in [0.5, 0.6) is 0 Å².